The Hall–Kier alpha value is -3.22. The van der Waals surface area contributed by atoms with E-state index in [1.54, 1.807) is 18.2 Å². The summed E-state index contributed by atoms with van der Waals surface area (Å²) in [5.41, 5.74) is 1.14. The maximum Gasteiger partial charge on any atom is 0.411 e. The summed E-state index contributed by atoms with van der Waals surface area (Å²) in [4.78, 5) is 26.1. The molecule has 0 aliphatic rings. The van der Waals surface area contributed by atoms with Crippen LogP contribution in [0.15, 0.2) is 48.5 Å². The summed E-state index contributed by atoms with van der Waals surface area (Å²) < 4.78 is 16.0. The second kappa shape index (κ2) is 10.2. The van der Waals surface area contributed by atoms with Gasteiger partial charge in [-0.1, -0.05) is 49.4 Å². The molecule has 150 valence electrons. The quantitative estimate of drug-likeness (QED) is 0.703. The molecule has 1 unspecified atom stereocenters. The van der Waals surface area contributed by atoms with E-state index in [0.717, 1.165) is 5.56 Å². The summed E-state index contributed by atoms with van der Waals surface area (Å²) in [5.74, 6) is -0.522. The molecule has 2 rings (SSSR count). The standard InChI is InChI=1S/C21H25NO6/c1-4-13-22(21(25)28-14-15-9-6-5-7-10-15)18(20(23)24)16-11-8-12-17(26-2)19(16)27-3/h5-12,18H,4,13-14H2,1-3H3,(H,23,24). The van der Waals surface area contributed by atoms with E-state index >= 15 is 0 Å². The highest BCUT2D eigenvalue weighted by Crippen LogP contribution is 2.37. The van der Waals surface area contributed by atoms with E-state index < -0.39 is 18.1 Å². The highest BCUT2D eigenvalue weighted by atomic mass is 16.6. The third-order valence-corrected chi connectivity index (χ3v) is 4.18. The third kappa shape index (κ3) is 4.94. The van der Waals surface area contributed by atoms with Crippen molar-refractivity contribution in [1.29, 1.82) is 0 Å². The van der Waals surface area contributed by atoms with Gasteiger partial charge in [0.05, 0.1) is 14.2 Å². The van der Waals surface area contributed by atoms with Gasteiger partial charge in [0, 0.05) is 12.1 Å². The Balaban J connectivity index is 2.34. The Morgan fingerprint density at radius 3 is 2.32 bits per heavy atom. The molecule has 0 aliphatic heterocycles. The molecular weight excluding hydrogens is 362 g/mol. The van der Waals surface area contributed by atoms with Gasteiger partial charge in [0.25, 0.3) is 0 Å². The second-order valence-corrected chi connectivity index (χ2v) is 6.06. The van der Waals surface area contributed by atoms with Gasteiger partial charge in [-0.05, 0) is 18.1 Å². The lowest BCUT2D eigenvalue weighted by molar-refractivity contribution is -0.143. The molecule has 0 aliphatic carbocycles. The molecule has 0 saturated heterocycles. The lowest BCUT2D eigenvalue weighted by Crippen LogP contribution is -2.40. The summed E-state index contributed by atoms with van der Waals surface area (Å²) in [5, 5.41) is 9.90. The van der Waals surface area contributed by atoms with E-state index in [4.69, 9.17) is 14.2 Å². The van der Waals surface area contributed by atoms with Crippen LogP contribution in [0, 0.1) is 0 Å². The number of carbonyl (C=O) groups excluding carboxylic acids is 1. The molecular formula is C21H25NO6. The molecule has 0 fully saturated rings. The average molecular weight is 387 g/mol. The Kier molecular flexibility index (Phi) is 7.68. The maximum atomic E-state index is 12.7. The number of aliphatic carboxylic acids is 1. The first-order valence-corrected chi connectivity index (χ1v) is 8.94. The summed E-state index contributed by atoms with van der Waals surface area (Å²) in [6.45, 7) is 2.13. The minimum atomic E-state index is -1.27. The topological polar surface area (TPSA) is 85.3 Å². The molecule has 0 heterocycles. The molecule has 7 nitrogen and oxygen atoms in total. The number of nitrogens with zero attached hydrogens (tertiary/aromatic N) is 1. The average Bonchev–Trinajstić information content (AvgIpc) is 2.71. The number of hydrogen-bond donors (Lipinski definition) is 1. The van der Waals surface area contributed by atoms with Crippen molar-refractivity contribution >= 4 is 12.1 Å². The van der Waals surface area contributed by atoms with Gasteiger partial charge in [0.1, 0.15) is 6.61 Å². The normalized spacial score (nSPS) is 11.4. The van der Waals surface area contributed by atoms with Crippen LogP contribution >= 0.6 is 0 Å². The first kappa shape index (κ1) is 21.1. The fourth-order valence-corrected chi connectivity index (χ4v) is 2.93. The number of methoxy groups -OCH3 is 2. The fourth-order valence-electron chi connectivity index (χ4n) is 2.93. The van der Waals surface area contributed by atoms with Gasteiger partial charge < -0.3 is 19.3 Å². The van der Waals surface area contributed by atoms with Crippen LogP contribution in [0.1, 0.15) is 30.5 Å². The van der Waals surface area contributed by atoms with Crippen LogP contribution in [-0.2, 0) is 16.1 Å². The van der Waals surface area contributed by atoms with E-state index in [2.05, 4.69) is 0 Å². The van der Waals surface area contributed by atoms with Gasteiger partial charge >= 0.3 is 12.1 Å². The third-order valence-electron chi connectivity index (χ3n) is 4.18. The van der Waals surface area contributed by atoms with Crippen LogP contribution in [0.3, 0.4) is 0 Å². The van der Waals surface area contributed by atoms with Gasteiger partial charge in [-0.15, -0.1) is 0 Å². The maximum absolute atomic E-state index is 12.7. The lowest BCUT2D eigenvalue weighted by Gasteiger charge is -2.29. The molecule has 0 bridgehead atoms. The molecule has 0 saturated carbocycles. The van der Waals surface area contributed by atoms with Gasteiger partial charge in [-0.3, -0.25) is 4.90 Å². The molecule has 1 amide bonds. The van der Waals surface area contributed by atoms with Crippen molar-refractivity contribution in [3.63, 3.8) is 0 Å². The number of carboxylic acids is 1. The molecule has 0 radical (unpaired) electrons. The van der Waals surface area contributed by atoms with Crippen molar-refractivity contribution in [3.05, 3.63) is 59.7 Å². The Bertz CT molecular complexity index is 793. The number of carbonyl (C=O) groups is 2. The highest BCUT2D eigenvalue weighted by molar-refractivity contribution is 5.82. The molecule has 0 aromatic heterocycles. The molecule has 2 aromatic carbocycles. The molecule has 2 aromatic rings. The van der Waals surface area contributed by atoms with E-state index in [-0.39, 0.29) is 18.9 Å². The largest absolute Gasteiger partial charge is 0.493 e. The van der Waals surface area contributed by atoms with Gasteiger partial charge in [0.2, 0.25) is 0 Å². The zero-order valence-electron chi connectivity index (χ0n) is 16.3. The van der Waals surface area contributed by atoms with Crippen LogP contribution in [0.25, 0.3) is 0 Å². The molecule has 1 N–H and O–H groups in total. The van der Waals surface area contributed by atoms with Crippen molar-refractivity contribution in [2.24, 2.45) is 0 Å². The predicted octanol–water partition coefficient (Wildman–Crippen LogP) is 3.88. The molecule has 0 spiro atoms. The van der Waals surface area contributed by atoms with Crippen LogP contribution in [0.4, 0.5) is 4.79 Å². The van der Waals surface area contributed by atoms with Gasteiger partial charge in [-0.25, -0.2) is 9.59 Å². The monoisotopic (exact) mass is 387 g/mol. The zero-order valence-corrected chi connectivity index (χ0v) is 16.3. The van der Waals surface area contributed by atoms with E-state index in [9.17, 15) is 14.7 Å². The van der Waals surface area contributed by atoms with Crippen molar-refractivity contribution in [2.75, 3.05) is 20.8 Å². The Labute approximate surface area is 164 Å². The predicted molar refractivity (Wildman–Crippen MR) is 104 cm³/mol. The SMILES string of the molecule is CCCN(C(=O)OCc1ccccc1)C(C(=O)O)c1cccc(OC)c1OC. The van der Waals surface area contributed by atoms with E-state index in [1.165, 1.54) is 19.1 Å². The number of benzene rings is 2. The van der Waals surface area contributed by atoms with E-state index in [1.807, 2.05) is 37.3 Å². The van der Waals surface area contributed by atoms with Crippen LogP contribution in [-0.4, -0.2) is 42.8 Å². The second-order valence-electron chi connectivity index (χ2n) is 6.06. The number of amides is 1. The van der Waals surface area contributed by atoms with Gasteiger partial charge in [0.15, 0.2) is 17.5 Å². The van der Waals surface area contributed by atoms with Crippen LogP contribution in [0.2, 0.25) is 0 Å². The minimum absolute atomic E-state index is 0.0570. The summed E-state index contributed by atoms with van der Waals surface area (Å²) in [6.07, 6.45) is -0.140. The van der Waals surface area contributed by atoms with Crippen molar-refractivity contribution in [2.45, 2.75) is 26.0 Å². The first-order valence-electron chi connectivity index (χ1n) is 8.94. The number of rotatable bonds is 9. The molecule has 1 atom stereocenters. The first-order chi connectivity index (χ1) is 13.5. The minimum Gasteiger partial charge on any atom is -0.493 e. The summed E-state index contributed by atoms with van der Waals surface area (Å²) in [6, 6.07) is 12.9. The number of ether oxygens (including phenoxy) is 3. The molecule has 28 heavy (non-hydrogen) atoms. The number of hydrogen-bond acceptors (Lipinski definition) is 5. The fraction of sp³-hybridized carbons (Fsp3) is 0.333. The molecule has 7 heteroatoms. The Morgan fingerprint density at radius 1 is 1.04 bits per heavy atom. The summed E-state index contributed by atoms with van der Waals surface area (Å²) in [7, 11) is 2.90. The van der Waals surface area contributed by atoms with E-state index in [0.29, 0.717) is 17.7 Å². The zero-order chi connectivity index (χ0) is 20.5. The number of carboxylic acid groups (broad SMARTS) is 1. The lowest BCUT2D eigenvalue weighted by atomic mass is 10.0. The number of para-hydroxylation sites is 1. The van der Waals surface area contributed by atoms with Crippen LogP contribution in [0.5, 0.6) is 11.5 Å². The van der Waals surface area contributed by atoms with Crippen molar-refractivity contribution < 1.29 is 28.9 Å². The van der Waals surface area contributed by atoms with Crippen molar-refractivity contribution in [3.8, 4) is 11.5 Å². The Morgan fingerprint density at radius 2 is 1.75 bits per heavy atom. The van der Waals surface area contributed by atoms with Crippen LogP contribution < -0.4 is 9.47 Å². The van der Waals surface area contributed by atoms with Crippen molar-refractivity contribution in [1.82, 2.24) is 4.90 Å². The highest BCUT2D eigenvalue weighted by Gasteiger charge is 2.35. The van der Waals surface area contributed by atoms with Gasteiger partial charge in [-0.2, -0.15) is 0 Å². The summed E-state index contributed by atoms with van der Waals surface area (Å²) >= 11 is 0. The smallest absolute Gasteiger partial charge is 0.411 e.